The lowest BCUT2D eigenvalue weighted by Crippen LogP contribution is -2.29. The van der Waals surface area contributed by atoms with E-state index in [2.05, 4.69) is 5.32 Å². The van der Waals surface area contributed by atoms with Crippen molar-refractivity contribution in [2.75, 3.05) is 17.6 Å². The molecule has 144 valence electrons. The Hall–Kier alpha value is -2.13. The highest BCUT2D eigenvalue weighted by Crippen LogP contribution is 2.24. The van der Waals surface area contributed by atoms with E-state index in [0.29, 0.717) is 12.2 Å². The van der Waals surface area contributed by atoms with Crippen LogP contribution < -0.4 is 10.5 Å². The van der Waals surface area contributed by atoms with E-state index in [1.165, 1.54) is 0 Å². The molecular formula is C17H25N3O5S. The molecule has 1 aromatic carbocycles. The van der Waals surface area contributed by atoms with E-state index < -0.39 is 21.7 Å². The van der Waals surface area contributed by atoms with E-state index in [1.54, 1.807) is 49.9 Å². The lowest BCUT2D eigenvalue weighted by molar-refractivity contribution is -0.128. The van der Waals surface area contributed by atoms with Crippen molar-refractivity contribution in [3.63, 3.8) is 0 Å². The Kier molecular flexibility index (Phi) is 5.92. The number of primary sulfonamides is 1. The average Bonchev–Trinajstić information content (AvgIpc) is 2.76. The molecule has 0 saturated carbocycles. The van der Waals surface area contributed by atoms with Gasteiger partial charge in [0.15, 0.2) is 0 Å². The lowest BCUT2D eigenvalue weighted by Gasteiger charge is -2.22. The van der Waals surface area contributed by atoms with Gasteiger partial charge in [0.1, 0.15) is 5.60 Å². The van der Waals surface area contributed by atoms with E-state index in [1.807, 2.05) is 0 Å². The number of nitrogens with zero attached hydrogens (tertiary/aromatic N) is 1. The third-order valence-electron chi connectivity index (χ3n) is 3.78. The van der Waals surface area contributed by atoms with Crippen molar-refractivity contribution < 1.29 is 22.7 Å². The van der Waals surface area contributed by atoms with Crippen molar-refractivity contribution in [3.8, 4) is 0 Å². The van der Waals surface area contributed by atoms with Gasteiger partial charge in [-0.3, -0.25) is 10.1 Å². The Morgan fingerprint density at radius 3 is 2.62 bits per heavy atom. The zero-order valence-electron chi connectivity index (χ0n) is 15.2. The number of para-hydroxylation sites is 1. The number of benzene rings is 1. The third-order valence-corrected chi connectivity index (χ3v) is 4.71. The summed E-state index contributed by atoms with van der Waals surface area (Å²) in [5, 5.41) is 7.76. The van der Waals surface area contributed by atoms with Gasteiger partial charge in [0.25, 0.3) is 0 Å². The molecule has 8 nitrogen and oxygen atoms in total. The van der Waals surface area contributed by atoms with Crippen LogP contribution in [-0.4, -0.2) is 43.2 Å². The minimum absolute atomic E-state index is 0.134. The molecule has 0 spiro atoms. The van der Waals surface area contributed by atoms with E-state index >= 15 is 0 Å². The van der Waals surface area contributed by atoms with Gasteiger partial charge in [0, 0.05) is 31.1 Å². The van der Waals surface area contributed by atoms with E-state index in [4.69, 9.17) is 9.88 Å². The van der Waals surface area contributed by atoms with Crippen molar-refractivity contribution in [1.82, 2.24) is 4.90 Å². The molecule has 1 heterocycles. The number of likely N-dealkylation sites (tertiary alicyclic amines) is 1. The standard InChI is InChI=1S/C17H25N3O5S/c1-17(2,3)25-16(22)19-14-7-5-4-6-13(14)10-20-9-12(8-15(20)21)11-26(18,23)24/h4-7,12H,8-11H2,1-3H3,(H,19,22)(H2,18,23,24). The number of nitrogens with two attached hydrogens (primary N) is 1. The van der Waals surface area contributed by atoms with Crippen LogP contribution in [0.3, 0.4) is 0 Å². The first-order chi connectivity index (χ1) is 11.9. The molecule has 2 amide bonds. The minimum atomic E-state index is -3.62. The predicted octanol–water partition coefficient (Wildman–Crippen LogP) is 1.67. The molecule has 26 heavy (non-hydrogen) atoms. The monoisotopic (exact) mass is 383 g/mol. The second-order valence-corrected chi connectivity index (χ2v) is 9.12. The van der Waals surface area contributed by atoms with Crippen molar-refractivity contribution in [1.29, 1.82) is 0 Å². The second kappa shape index (κ2) is 7.63. The Morgan fingerprint density at radius 2 is 2.00 bits per heavy atom. The molecule has 0 aromatic heterocycles. The summed E-state index contributed by atoms with van der Waals surface area (Å²) in [7, 11) is -3.62. The smallest absolute Gasteiger partial charge is 0.412 e. The third kappa shape index (κ3) is 6.30. The first-order valence-electron chi connectivity index (χ1n) is 8.29. The molecule has 1 aliphatic heterocycles. The van der Waals surface area contributed by atoms with Gasteiger partial charge in [-0.15, -0.1) is 0 Å². The maximum absolute atomic E-state index is 12.2. The minimum Gasteiger partial charge on any atom is -0.444 e. The van der Waals surface area contributed by atoms with Crippen molar-refractivity contribution in [2.45, 2.75) is 39.3 Å². The first-order valence-corrected chi connectivity index (χ1v) is 10.0. The highest BCUT2D eigenvalue weighted by molar-refractivity contribution is 7.89. The summed E-state index contributed by atoms with van der Waals surface area (Å²) in [5.41, 5.74) is 0.664. The Morgan fingerprint density at radius 1 is 1.35 bits per heavy atom. The molecule has 1 saturated heterocycles. The van der Waals surface area contributed by atoms with Crippen LogP contribution in [0.1, 0.15) is 32.8 Å². The molecule has 0 radical (unpaired) electrons. The van der Waals surface area contributed by atoms with Crippen LogP contribution in [0, 0.1) is 5.92 Å². The number of nitrogens with one attached hydrogen (secondary N) is 1. The number of hydrogen-bond donors (Lipinski definition) is 2. The quantitative estimate of drug-likeness (QED) is 0.802. The summed E-state index contributed by atoms with van der Waals surface area (Å²) >= 11 is 0. The van der Waals surface area contributed by atoms with Crippen molar-refractivity contribution in [2.24, 2.45) is 11.1 Å². The Balaban J connectivity index is 2.06. The zero-order valence-corrected chi connectivity index (χ0v) is 16.0. The summed E-state index contributed by atoms with van der Waals surface area (Å²) in [5.74, 6) is -0.665. The SMILES string of the molecule is CC(C)(C)OC(=O)Nc1ccccc1CN1CC(CS(N)(=O)=O)CC1=O. The maximum Gasteiger partial charge on any atom is 0.412 e. The highest BCUT2D eigenvalue weighted by atomic mass is 32.2. The number of ether oxygens (including phenoxy) is 1. The van der Waals surface area contributed by atoms with E-state index in [-0.39, 0.29) is 30.5 Å². The predicted molar refractivity (Wildman–Crippen MR) is 97.8 cm³/mol. The van der Waals surface area contributed by atoms with Gasteiger partial charge in [0.2, 0.25) is 15.9 Å². The first kappa shape index (κ1) is 20.2. The number of sulfonamides is 1. The van der Waals surface area contributed by atoms with Crippen molar-refractivity contribution in [3.05, 3.63) is 29.8 Å². The molecule has 3 N–H and O–H groups in total. The normalized spacial score (nSPS) is 18.1. The molecule has 2 rings (SSSR count). The number of carbonyl (C=O) groups excluding carboxylic acids is 2. The molecule has 0 aliphatic carbocycles. The van der Waals surface area contributed by atoms with Crippen LogP contribution in [0.2, 0.25) is 0 Å². The lowest BCUT2D eigenvalue weighted by atomic mass is 10.1. The van der Waals surface area contributed by atoms with Gasteiger partial charge < -0.3 is 9.64 Å². The molecule has 0 bridgehead atoms. The fourth-order valence-corrected chi connectivity index (χ4v) is 3.73. The molecule has 1 atom stereocenters. The fraction of sp³-hybridized carbons (Fsp3) is 0.529. The number of rotatable bonds is 5. The van der Waals surface area contributed by atoms with Gasteiger partial charge in [-0.25, -0.2) is 18.4 Å². The van der Waals surface area contributed by atoms with Crippen LogP contribution >= 0.6 is 0 Å². The van der Waals surface area contributed by atoms with Gasteiger partial charge in [0.05, 0.1) is 5.75 Å². The Bertz CT molecular complexity index is 786. The summed E-state index contributed by atoms with van der Waals surface area (Å²) in [4.78, 5) is 25.7. The van der Waals surface area contributed by atoms with Gasteiger partial charge >= 0.3 is 6.09 Å². The summed E-state index contributed by atoms with van der Waals surface area (Å²) in [6, 6.07) is 7.10. The molecule has 1 fully saturated rings. The maximum atomic E-state index is 12.2. The Labute approximate surface area is 153 Å². The van der Waals surface area contributed by atoms with Crippen LogP contribution in [0.15, 0.2) is 24.3 Å². The second-order valence-electron chi connectivity index (χ2n) is 7.46. The molecular weight excluding hydrogens is 358 g/mol. The average molecular weight is 383 g/mol. The van der Waals surface area contributed by atoms with Crippen LogP contribution in [0.5, 0.6) is 0 Å². The largest absolute Gasteiger partial charge is 0.444 e. The fourth-order valence-electron chi connectivity index (χ4n) is 2.85. The molecule has 1 aromatic rings. The molecule has 1 unspecified atom stereocenters. The van der Waals surface area contributed by atoms with Crippen LogP contribution in [0.4, 0.5) is 10.5 Å². The summed E-state index contributed by atoms with van der Waals surface area (Å²) in [6.45, 7) is 5.90. The zero-order chi connectivity index (χ0) is 19.5. The van der Waals surface area contributed by atoms with Gasteiger partial charge in [-0.2, -0.15) is 0 Å². The summed E-state index contributed by atoms with van der Waals surface area (Å²) < 4.78 is 27.7. The number of anilines is 1. The van der Waals surface area contributed by atoms with E-state index in [0.717, 1.165) is 5.56 Å². The van der Waals surface area contributed by atoms with Crippen LogP contribution in [0.25, 0.3) is 0 Å². The van der Waals surface area contributed by atoms with Gasteiger partial charge in [-0.1, -0.05) is 18.2 Å². The number of carbonyl (C=O) groups is 2. The molecule has 9 heteroatoms. The van der Waals surface area contributed by atoms with E-state index in [9.17, 15) is 18.0 Å². The van der Waals surface area contributed by atoms with Crippen molar-refractivity contribution >= 4 is 27.7 Å². The summed E-state index contributed by atoms with van der Waals surface area (Å²) in [6.07, 6.45) is -0.428. The van der Waals surface area contributed by atoms with Gasteiger partial charge in [-0.05, 0) is 32.4 Å². The topological polar surface area (TPSA) is 119 Å². The van der Waals surface area contributed by atoms with Crippen LogP contribution in [-0.2, 0) is 26.1 Å². The molecule has 1 aliphatic rings. The number of amides is 2. The number of hydrogen-bond acceptors (Lipinski definition) is 5. The highest BCUT2D eigenvalue weighted by Gasteiger charge is 2.32.